The molecule has 19 heavy (non-hydrogen) atoms. The number of carbonyl (C=O) groups is 1. The zero-order valence-corrected chi connectivity index (χ0v) is 11.1. The number of nitrogens with zero attached hydrogens (tertiary/aromatic N) is 1. The molecule has 4 nitrogen and oxygen atoms in total. The summed E-state index contributed by atoms with van der Waals surface area (Å²) in [5, 5.41) is 6.04. The first-order valence-electron chi connectivity index (χ1n) is 6.27. The van der Waals surface area contributed by atoms with E-state index in [9.17, 15) is 4.79 Å². The monoisotopic (exact) mass is 255 g/mol. The first-order chi connectivity index (χ1) is 9.20. The smallest absolute Gasteiger partial charge is 0.259 e. The molecule has 1 aromatic carbocycles. The number of hydrogen-bond acceptors (Lipinski definition) is 3. The Hall–Kier alpha value is -2.36. The van der Waals surface area contributed by atoms with Gasteiger partial charge in [-0.05, 0) is 32.0 Å². The number of rotatable bonds is 4. The van der Waals surface area contributed by atoms with Crippen LogP contribution in [-0.4, -0.2) is 17.4 Å². The number of aromatic nitrogens is 1. The van der Waals surface area contributed by atoms with Gasteiger partial charge in [0.1, 0.15) is 0 Å². The van der Waals surface area contributed by atoms with Crippen LogP contribution >= 0.6 is 0 Å². The molecule has 0 radical (unpaired) electrons. The Morgan fingerprint density at radius 1 is 1.26 bits per heavy atom. The Morgan fingerprint density at radius 2 is 2.00 bits per heavy atom. The fourth-order valence-corrected chi connectivity index (χ4v) is 1.80. The highest BCUT2D eigenvalue weighted by Gasteiger charge is 2.12. The maximum atomic E-state index is 12.2. The molecule has 0 saturated carbocycles. The normalized spacial score (nSPS) is 10.0. The number of amides is 1. The largest absolute Gasteiger partial charge is 0.385 e. The predicted molar refractivity (Wildman–Crippen MR) is 77.5 cm³/mol. The van der Waals surface area contributed by atoms with E-state index < -0.39 is 0 Å². The van der Waals surface area contributed by atoms with Gasteiger partial charge in [-0.1, -0.05) is 18.2 Å². The van der Waals surface area contributed by atoms with Gasteiger partial charge < -0.3 is 10.6 Å². The number of pyridine rings is 1. The van der Waals surface area contributed by atoms with Gasteiger partial charge in [-0.3, -0.25) is 9.78 Å². The van der Waals surface area contributed by atoms with Crippen LogP contribution in [0.3, 0.4) is 0 Å². The Kier molecular flexibility index (Phi) is 4.13. The van der Waals surface area contributed by atoms with Gasteiger partial charge in [-0.2, -0.15) is 0 Å². The van der Waals surface area contributed by atoms with E-state index in [4.69, 9.17) is 0 Å². The van der Waals surface area contributed by atoms with Gasteiger partial charge in [0.25, 0.3) is 5.91 Å². The van der Waals surface area contributed by atoms with E-state index in [1.807, 2.05) is 50.2 Å². The number of para-hydroxylation sites is 1. The highest BCUT2D eigenvalue weighted by Crippen LogP contribution is 2.17. The van der Waals surface area contributed by atoms with Crippen LogP contribution in [0.5, 0.6) is 0 Å². The quantitative estimate of drug-likeness (QED) is 0.882. The standard InChI is InChI=1S/C15H17N3O/c1-3-16-14-9-11(2)17-10-13(14)15(19)18-12-7-5-4-6-8-12/h4-10H,3H2,1-2H3,(H,16,17)(H,18,19). The molecule has 98 valence electrons. The number of anilines is 2. The Morgan fingerprint density at radius 3 is 2.68 bits per heavy atom. The van der Waals surface area contributed by atoms with E-state index in [1.54, 1.807) is 6.20 Å². The molecule has 0 fully saturated rings. The molecule has 2 N–H and O–H groups in total. The Bertz CT molecular complexity index is 567. The summed E-state index contributed by atoms with van der Waals surface area (Å²) in [6, 6.07) is 11.3. The molecule has 2 aromatic rings. The van der Waals surface area contributed by atoms with Crippen LogP contribution in [0.15, 0.2) is 42.6 Å². The maximum Gasteiger partial charge on any atom is 0.259 e. The summed E-state index contributed by atoms with van der Waals surface area (Å²) in [6.45, 7) is 4.66. The summed E-state index contributed by atoms with van der Waals surface area (Å²) >= 11 is 0. The van der Waals surface area contributed by atoms with Crippen LogP contribution in [-0.2, 0) is 0 Å². The second kappa shape index (κ2) is 6.00. The summed E-state index contributed by atoms with van der Waals surface area (Å²) in [6.07, 6.45) is 1.60. The van der Waals surface area contributed by atoms with Crippen molar-refractivity contribution >= 4 is 17.3 Å². The minimum Gasteiger partial charge on any atom is -0.385 e. The zero-order chi connectivity index (χ0) is 13.7. The molecule has 2 rings (SSSR count). The van der Waals surface area contributed by atoms with Crippen molar-refractivity contribution in [2.24, 2.45) is 0 Å². The molecular weight excluding hydrogens is 238 g/mol. The van der Waals surface area contributed by atoms with Crippen LogP contribution in [0.2, 0.25) is 0 Å². The topological polar surface area (TPSA) is 54.0 Å². The van der Waals surface area contributed by atoms with Crippen LogP contribution in [0.4, 0.5) is 11.4 Å². The van der Waals surface area contributed by atoms with E-state index in [1.165, 1.54) is 0 Å². The summed E-state index contributed by atoms with van der Waals surface area (Å²) in [7, 11) is 0. The van der Waals surface area contributed by atoms with Crippen LogP contribution in [0, 0.1) is 6.92 Å². The molecular formula is C15H17N3O. The molecule has 0 aliphatic heterocycles. The lowest BCUT2D eigenvalue weighted by molar-refractivity contribution is 0.102. The van der Waals surface area contributed by atoms with Crippen molar-refractivity contribution in [3.05, 3.63) is 53.9 Å². The number of carbonyl (C=O) groups excluding carboxylic acids is 1. The Balaban J connectivity index is 2.23. The predicted octanol–water partition coefficient (Wildman–Crippen LogP) is 3.07. The first kappa shape index (κ1) is 13.1. The molecule has 0 atom stereocenters. The average molecular weight is 255 g/mol. The fraction of sp³-hybridized carbons (Fsp3) is 0.200. The lowest BCUT2D eigenvalue weighted by Gasteiger charge is -2.11. The molecule has 0 bridgehead atoms. The van der Waals surface area contributed by atoms with Gasteiger partial charge in [0.2, 0.25) is 0 Å². The summed E-state index contributed by atoms with van der Waals surface area (Å²) in [5.74, 6) is -0.158. The van der Waals surface area contributed by atoms with E-state index >= 15 is 0 Å². The number of hydrogen-bond donors (Lipinski definition) is 2. The molecule has 0 aliphatic carbocycles. The van der Waals surface area contributed by atoms with Crippen molar-refractivity contribution in [3.63, 3.8) is 0 Å². The minimum absolute atomic E-state index is 0.158. The van der Waals surface area contributed by atoms with Gasteiger partial charge in [0.05, 0.1) is 11.3 Å². The summed E-state index contributed by atoms with van der Waals surface area (Å²) in [4.78, 5) is 16.4. The summed E-state index contributed by atoms with van der Waals surface area (Å²) < 4.78 is 0. The highest BCUT2D eigenvalue weighted by atomic mass is 16.1. The fourth-order valence-electron chi connectivity index (χ4n) is 1.80. The molecule has 0 unspecified atom stereocenters. The number of nitrogens with one attached hydrogen (secondary N) is 2. The third-order valence-corrected chi connectivity index (χ3v) is 2.68. The SMILES string of the molecule is CCNc1cc(C)ncc1C(=O)Nc1ccccc1. The molecule has 0 saturated heterocycles. The third kappa shape index (κ3) is 3.31. The van der Waals surface area contributed by atoms with Gasteiger partial charge in [-0.15, -0.1) is 0 Å². The van der Waals surface area contributed by atoms with E-state index in [-0.39, 0.29) is 5.91 Å². The van der Waals surface area contributed by atoms with E-state index in [0.717, 1.165) is 23.6 Å². The van der Waals surface area contributed by atoms with Crippen molar-refractivity contribution in [3.8, 4) is 0 Å². The number of aryl methyl sites for hydroxylation is 1. The van der Waals surface area contributed by atoms with Gasteiger partial charge >= 0.3 is 0 Å². The second-order valence-corrected chi connectivity index (χ2v) is 4.22. The maximum absolute atomic E-state index is 12.2. The molecule has 4 heteroatoms. The van der Waals surface area contributed by atoms with Gasteiger partial charge in [-0.25, -0.2) is 0 Å². The summed E-state index contributed by atoms with van der Waals surface area (Å²) in [5.41, 5.74) is 3.02. The second-order valence-electron chi connectivity index (χ2n) is 4.22. The minimum atomic E-state index is -0.158. The van der Waals surface area contributed by atoms with Gasteiger partial charge in [0, 0.05) is 24.1 Å². The molecule has 0 spiro atoms. The van der Waals surface area contributed by atoms with Crippen molar-refractivity contribution in [1.82, 2.24) is 4.98 Å². The lowest BCUT2D eigenvalue weighted by Crippen LogP contribution is -2.15. The van der Waals surface area contributed by atoms with E-state index in [0.29, 0.717) is 5.56 Å². The highest BCUT2D eigenvalue weighted by molar-refractivity contribution is 6.07. The lowest BCUT2D eigenvalue weighted by atomic mass is 10.2. The van der Waals surface area contributed by atoms with Crippen molar-refractivity contribution in [2.45, 2.75) is 13.8 Å². The Labute approximate surface area is 112 Å². The number of benzene rings is 1. The molecule has 1 amide bonds. The van der Waals surface area contributed by atoms with Gasteiger partial charge in [0.15, 0.2) is 0 Å². The average Bonchev–Trinajstić information content (AvgIpc) is 2.40. The van der Waals surface area contributed by atoms with Crippen molar-refractivity contribution in [2.75, 3.05) is 17.2 Å². The molecule has 1 heterocycles. The zero-order valence-electron chi connectivity index (χ0n) is 11.1. The third-order valence-electron chi connectivity index (χ3n) is 2.68. The van der Waals surface area contributed by atoms with Crippen molar-refractivity contribution < 1.29 is 4.79 Å². The van der Waals surface area contributed by atoms with Crippen LogP contribution in [0.25, 0.3) is 0 Å². The molecule has 0 aliphatic rings. The van der Waals surface area contributed by atoms with E-state index in [2.05, 4.69) is 15.6 Å². The van der Waals surface area contributed by atoms with Crippen molar-refractivity contribution in [1.29, 1.82) is 0 Å². The molecule has 1 aromatic heterocycles. The first-order valence-corrected chi connectivity index (χ1v) is 6.27. The van der Waals surface area contributed by atoms with Crippen LogP contribution < -0.4 is 10.6 Å². The van der Waals surface area contributed by atoms with Crippen LogP contribution in [0.1, 0.15) is 23.0 Å².